The molecule has 15 aromatic rings. The number of nitrogens with zero attached hydrogens (tertiary/aromatic N) is 18. The zero-order valence-corrected chi connectivity index (χ0v) is 54.8. The second-order valence-corrected chi connectivity index (χ2v) is 24.2. The smallest absolute Gasteiger partial charge is 0.197 e. The van der Waals surface area contributed by atoms with Gasteiger partial charge in [0.05, 0.1) is 138 Å². The van der Waals surface area contributed by atoms with Crippen molar-refractivity contribution in [1.82, 2.24) is 24.1 Å². The third-order valence-corrected chi connectivity index (χ3v) is 18.5. The average Bonchev–Trinajstić information content (AvgIpc) is 1.57. The van der Waals surface area contributed by atoms with E-state index in [1.807, 2.05) is 143 Å². The van der Waals surface area contributed by atoms with E-state index in [-0.39, 0.29) is 95.6 Å². The van der Waals surface area contributed by atoms with Gasteiger partial charge >= 0.3 is 0 Å². The summed E-state index contributed by atoms with van der Waals surface area (Å²) in [5.41, 5.74) is 10.7. The van der Waals surface area contributed by atoms with E-state index in [1.165, 1.54) is 48.5 Å². The van der Waals surface area contributed by atoms with Crippen molar-refractivity contribution in [2.24, 2.45) is 0 Å². The van der Waals surface area contributed by atoms with Crippen LogP contribution in [0.3, 0.4) is 0 Å². The molecule has 0 N–H and O–H groups in total. The molecule has 478 valence electrons. The number of benzene rings is 12. The molecule has 15 rings (SSSR count). The highest BCUT2D eigenvalue weighted by Gasteiger charge is 2.27. The first-order valence-electron chi connectivity index (χ1n) is 32.1. The molecular formula is C88H36N18. The van der Waals surface area contributed by atoms with Gasteiger partial charge in [-0.1, -0.05) is 97.1 Å². The Kier molecular flexibility index (Phi) is 16.1. The zero-order valence-electron chi connectivity index (χ0n) is 54.8. The molecule has 0 amide bonds. The van der Waals surface area contributed by atoms with Crippen LogP contribution < -0.4 is 0 Å². The van der Waals surface area contributed by atoms with Gasteiger partial charge in [-0.3, -0.25) is 0 Å². The third kappa shape index (κ3) is 10.8. The van der Waals surface area contributed by atoms with Crippen molar-refractivity contribution in [2.75, 3.05) is 0 Å². The first-order valence-corrected chi connectivity index (χ1v) is 32.1. The number of rotatable bonds is 10. The Hall–Kier alpha value is -17.4. The standard InChI is InChI=1S/C88H36N18/c1-96-64-22-28-81(106-78-24-18-55(83-59(45-91)29-50(43-89)31-73(83)99-4)37-69(78)70-38-56(19-25-79(70)106)84-60(46-92)30-51(44-90)32-74(84)100-5)72(41-64)71-40-58(88-103-86(52-13-9-7-10-14-52)102-87(104-88)53-15-11-8-12-16-53)21-27-80(71)105-76-23-17-54(82-61(47-93)33-65(97-2)34-62(82)48-94)36-67(76)68-39-57(20-26-77(68)105)85-63(49-95)35-66(98-3)42-75(85)101-6/h7-42H. The van der Waals surface area contributed by atoms with Crippen LogP contribution in [0.1, 0.15) is 38.9 Å². The van der Waals surface area contributed by atoms with Crippen molar-refractivity contribution < 1.29 is 0 Å². The molecule has 3 heterocycles. The molecule has 0 saturated heterocycles. The fourth-order valence-corrected chi connectivity index (χ4v) is 13.9. The van der Waals surface area contributed by atoms with Gasteiger partial charge in [0.2, 0.25) is 0 Å². The van der Waals surface area contributed by atoms with Gasteiger partial charge in [0, 0.05) is 82.7 Å². The highest BCUT2D eigenvalue weighted by Crippen LogP contribution is 2.49. The Bertz CT molecular complexity index is 6560. The molecule has 0 radical (unpaired) electrons. The summed E-state index contributed by atoms with van der Waals surface area (Å²) in [5.74, 6) is 1.05. The van der Waals surface area contributed by atoms with Crippen LogP contribution in [0, 0.1) is 119 Å². The number of nitriles is 7. The van der Waals surface area contributed by atoms with Crippen molar-refractivity contribution in [3.05, 3.63) is 326 Å². The van der Waals surface area contributed by atoms with Gasteiger partial charge in [0.25, 0.3) is 0 Å². The van der Waals surface area contributed by atoms with E-state index in [2.05, 4.69) is 71.6 Å². The molecule has 0 aliphatic carbocycles. The summed E-state index contributed by atoms with van der Waals surface area (Å²) < 4.78 is 4.06. The van der Waals surface area contributed by atoms with Crippen LogP contribution in [-0.4, -0.2) is 24.1 Å². The molecule has 0 fully saturated rings. The maximum atomic E-state index is 10.7. The van der Waals surface area contributed by atoms with E-state index in [0.29, 0.717) is 111 Å². The first-order chi connectivity index (χ1) is 51.9. The Balaban J connectivity index is 1.08. The number of hydrogen-bond donors (Lipinski definition) is 0. The van der Waals surface area contributed by atoms with Crippen LogP contribution in [-0.2, 0) is 0 Å². The molecular weight excluding hydrogens is 1310 g/mol. The molecule has 3 aromatic heterocycles. The second-order valence-electron chi connectivity index (χ2n) is 24.2. The largest absolute Gasteiger partial charge is 0.309 e. The number of hydrogen-bond acceptors (Lipinski definition) is 10. The summed E-state index contributed by atoms with van der Waals surface area (Å²) in [6.45, 7) is 49.3. The molecule has 0 unspecified atom stereocenters. The summed E-state index contributed by atoms with van der Waals surface area (Å²) in [5, 5.41) is 75.8. The monoisotopic (exact) mass is 1340 g/mol. The number of aromatic nitrogens is 5. The van der Waals surface area contributed by atoms with E-state index in [4.69, 9.17) is 54.4 Å². The van der Waals surface area contributed by atoms with E-state index in [0.717, 1.165) is 11.1 Å². The van der Waals surface area contributed by atoms with Crippen LogP contribution >= 0.6 is 0 Å². The van der Waals surface area contributed by atoms with Crippen molar-refractivity contribution >= 4 is 77.7 Å². The van der Waals surface area contributed by atoms with E-state index >= 15 is 0 Å². The topological polar surface area (TPSA) is 241 Å². The van der Waals surface area contributed by atoms with Gasteiger partial charge < -0.3 is 9.13 Å². The highest BCUT2D eigenvalue weighted by atomic mass is 15.0. The molecule has 0 atom stereocenters. The Morgan fingerprint density at radius 2 is 0.594 bits per heavy atom. The minimum atomic E-state index is 0.0635. The van der Waals surface area contributed by atoms with E-state index < -0.39 is 0 Å². The van der Waals surface area contributed by atoms with Crippen LogP contribution in [0.2, 0.25) is 0 Å². The predicted octanol–water partition coefficient (Wildman–Crippen LogP) is 21.8. The summed E-state index contributed by atoms with van der Waals surface area (Å²) in [4.78, 5) is 37.9. The molecule has 12 aromatic carbocycles. The lowest BCUT2D eigenvalue weighted by molar-refractivity contribution is 1.07. The molecule has 0 saturated carbocycles. The predicted molar refractivity (Wildman–Crippen MR) is 403 cm³/mol. The van der Waals surface area contributed by atoms with Gasteiger partial charge in [-0.05, 0) is 149 Å². The van der Waals surface area contributed by atoms with E-state index in [9.17, 15) is 36.8 Å². The van der Waals surface area contributed by atoms with Gasteiger partial charge in [0.15, 0.2) is 51.6 Å². The average molecular weight is 1350 g/mol. The Morgan fingerprint density at radius 3 is 0.972 bits per heavy atom. The highest BCUT2D eigenvalue weighted by molar-refractivity contribution is 6.15. The van der Waals surface area contributed by atoms with Crippen LogP contribution in [0.25, 0.3) is 174 Å². The fourth-order valence-electron chi connectivity index (χ4n) is 13.9. The van der Waals surface area contributed by atoms with Crippen molar-refractivity contribution in [2.45, 2.75) is 0 Å². The van der Waals surface area contributed by atoms with Gasteiger partial charge in [0.1, 0.15) is 0 Å². The normalized spacial score (nSPS) is 10.5. The summed E-state index contributed by atoms with van der Waals surface area (Å²) >= 11 is 0. The van der Waals surface area contributed by atoms with Crippen molar-refractivity contribution in [3.63, 3.8) is 0 Å². The Morgan fingerprint density at radius 1 is 0.264 bits per heavy atom. The molecule has 106 heavy (non-hydrogen) atoms. The maximum absolute atomic E-state index is 10.7. The lowest BCUT2D eigenvalue weighted by Crippen LogP contribution is -2.03. The minimum absolute atomic E-state index is 0.0635. The lowest BCUT2D eigenvalue weighted by atomic mass is 9.93. The minimum Gasteiger partial charge on any atom is -0.309 e. The van der Waals surface area contributed by atoms with Crippen LogP contribution in [0.4, 0.5) is 34.1 Å². The van der Waals surface area contributed by atoms with Crippen molar-refractivity contribution in [1.29, 1.82) is 36.8 Å². The van der Waals surface area contributed by atoms with Crippen LogP contribution in [0.15, 0.2) is 218 Å². The molecule has 0 aliphatic rings. The molecule has 18 heteroatoms. The SMILES string of the molecule is [C-]#[N+]c1cc(C#N)c(-c2ccc3c(c2)c2cc(-c4c(C#N)cc([N+]#[C-])cc4[N+]#[C-])ccc2n3-c2ccc(-c3nc(-c4ccccc4)nc(-c4ccccc4)n3)cc2-c2cc([N+]#[C-])ccc2-n2c3ccc(-c4c(C#N)cc(C#N)cc4[N+]#[C-])cc3c3cc(-c4c(C#N)cc(C#N)cc4[N+]#[C-])ccc32)c(C#N)c1. The zero-order chi connectivity index (χ0) is 73.4. The van der Waals surface area contributed by atoms with Crippen molar-refractivity contribution in [3.8, 4) is 144 Å². The van der Waals surface area contributed by atoms with Gasteiger partial charge in [-0.25, -0.2) is 44.0 Å². The number of fused-ring (bicyclic) bond motifs is 6. The summed E-state index contributed by atoms with van der Waals surface area (Å²) in [6, 6.07) is 78.7. The fraction of sp³-hybridized carbons (Fsp3) is 0. The molecule has 0 spiro atoms. The first kappa shape index (κ1) is 64.6. The third-order valence-electron chi connectivity index (χ3n) is 18.5. The molecule has 0 aliphatic heterocycles. The quantitative estimate of drug-likeness (QED) is 0.117. The maximum Gasteiger partial charge on any atom is 0.197 e. The van der Waals surface area contributed by atoms with E-state index in [1.54, 1.807) is 36.4 Å². The Labute approximate surface area is 604 Å². The lowest BCUT2D eigenvalue weighted by Gasteiger charge is -2.20. The van der Waals surface area contributed by atoms with Crippen LogP contribution in [0.5, 0.6) is 0 Å². The summed E-state index contributed by atoms with van der Waals surface area (Å²) in [6.07, 6.45) is 0. The molecule has 18 nitrogen and oxygen atoms in total. The second kappa shape index (κ2) is 26.5. The van der Waals surface area contributed by atoms with Gasteiger partial charge in [-0.15, -0.1) is 0 Å². The summed E-state index contributed by atoms with van der Waals surface area (Å²) in [7, 11) is 0. The van der Waals surface area contributed by atoms with Gasteiger partial charge in [-0.2, -0.15) is 36.8 Å². The molecule has 0 bridgehead atoms.